The number of hydrogen-bond donors (Lipinski definition) is 1. The Kier molecular flexibility index (Phi) is 4.85. The van der Waals surface area contributed by atoms with E-state index in [9.17, 15) is 5.11 Å². The summed E-state index contributed by atoms with van der Waals surface area (Å²) in [6, 6.07) is 0.597. The van der Waals surface area contributed by atoms with Gasteiger partial charge in [-0.15, -0.1) is 0 Å². The zero-order valence-corrected chi connectivity index (χ0v) is 9.57. The lowest BCUT2D eigenvalue weighted by atomic mass is 10.1. The van der Waals surface area contributed by atoms with E-state index >= 15 is 0 Å². The molecule has 84 valence electrons. The van der Waals surface area contributed by atoms with E-state index in [1.807, 2.05) is 6.92 Å². The van der Waals surface area contributed by atoms with Crippen molar-refractivity contribution < 1.29 is 9.84 Å². The molecule has 0 amide bonds. The fraction of sp³-hybridized carbons (Fsp3) is 1.00. The number of aliphatic hydroxyl groups is 1. The van der Waals surface area contributed by atoms with E-state index in [0.29, 0.717) is 6.04 Å². The number of aliphatic hydroxyl groups excluding tert-OH is 1. The van der Waals surface area contributed by atoms with Crippen LogP contribution < -0.4 is 0 Å². The molecule has 1 N–H and O–H groups in total. The van der Waals surface area contributed by atoms with Crippen molar-refractivity contribution in [2.24, 2.45) is 5.92 Å². The molecule has 0 saturated heterocycles. The minimum atomic E-state index is -0.243. The van der Waals surface area contributed by atoms with Gasteiger partial charge in [0.1, 0.15) is 0 Å². The zero-order valence-electron chi connectivity index (χ0n) is 9.57. The van der Waals surface area contributed by atoms with E-state index in [-0.39, 0.29) is 6.10 Å². The highest BCUT2D eigenvalue weighted by atomic mass is 16.5. The first-order chi connectivity index (χ1) is 6.65. The van der Waals surface area contributed by atoms with Gasteiger partial charge in [-0.3, -0.25) is 4.90 Å². The molecule has 3 nitrogen and oxygen atoms in total. The Morgan fingerprint density at radius 2 is 2.07 bits per heavy atom. The molecule has 2 atom stereocenters. The van der Waals surface area contributed by atoms with Crippen LogP contribution in [-0.4, -0.2) is 49.0 Å². The third kappa shape index (κ3) is 3.95. The third-order valence-corrected chi connectivity index (χ3v) is 2.96. The number of hydrogen-bond acceptors (Lipinski definition) is 3. The molecule has 1 saturated carbocycles. The molecule has 1 unspecified atom stereocenters. The molecule has 0 aromatic carbocycles. The van der Waals surface area contributed by atoms with Gasteiger partial charge in [0, 0.05) is 26.2 Å². The molecular weight excluding hydrogens is 178 g/mol. The van der Waals surface area contributed by atoms with Gasteiger partial charge in [-0.25, -0.2) is 0 Å². The number of nitrogens with zero attached hydrogens (tertiary/aromatic N) is 1. The lowest BCUT2D eigenvalue weighted by molar-refractivity contribution is 0.0699. The van der Waals surface area contributed by atoms with Crippen molar-refractivity contribution in [1.82, 2.24) is 4.90 Å². The minimum Gasteiger partial charge on any atom is -0.392 e. The molecule has 1 aliphatic rings. The van der Waals surface area contributed by atoms with E-state index in [0.717, 1.165) is 25.6 Å². The van der Waals surface area contributed by atoms with Gasteiger partial charge in [0.05, 0.1) is 12.7 Å². The third-order valence-electron chi connectivity index (χ3n) is 2.96. The maximum Gasteiger partial charge on any atom is 0.0639 e. The average molecular weight is 201 g/mol. The second kappa shape index (κ2) is 5.69. The van der Waals surface area contributed by atoms with Crippen molar-refractivity contribution in [2.75, 3.05) is 26.8 Å². The van der Waals surface area contributed by atoms with Gasteiger partial charge in [-0.2, -0.15) is 0 Å². The van der Waals surface area contributed by atoms with Crippen LogP contribution in [0.15, 0.2) is 0 Å². The van der Waals surface area contributed by atoms with Crippen LogP contribution in [0, 0.1) is 5.92 Å². The van der Waals surface area contributed by atoms with Crippen LogP contribution >= 0.6 is 0 Å². The van der Waals surface area contributed by atoms with E-state index in [1.54, 1.807) is 7.11 Å². The van der Waals surface area contributed by atoms with Crippen LogP contribution in [0.3, 0.4) is 0 Å². The van der Waals surface area contributed by atoms with Gasteiger partial charge in [-0.1, -0.05) is 0 Å². The Labute approximate surface area is 87.1 Å². The number of rotatable bonds is 7. The summed E-state index contributed by atoms with van der Waals surface area (Å²) in [7, 11) is 1.72. The van der Waals surface area contributed by atoms with Gasteiger partial charge in [0.25, 0.3) is 0 Å². The zero-order chi connectivity index (χ0) is 10.6. The first-order valence-electron chi connectivity index (χ1n) is 5.56. The highest BCUT2D eigenvalue weighted by Gasteiger charge is 2.31. The SMILES string of the molecule is COCCN(C[C@H](C)O)C(C)C1CC1. The highest BCUT2D eigenvalue weighted by molar-refractivity contribution is 4.85. The number of ether oxygens (including phenoxy) is 1. The van der Waals surface area contributed by atoms with E-state index < -0.39 is 0 Å². The molecule has 0 aromatic heterocycles. The fourth-order valence-corrected chi connectivity index (χ4v) is 1.89. The van der Waals surface area contributed by atoms with Gasteiger partial charge < -0.3 is 9.84 Å². The molecule has 0 radical (unpaired) electrons. The van der Waals surface area contributed by atoms with Crippen LogP contribution in [-0.2, 0) is 4.74 Å². The van der Waals surface area contributed by atoms with Gasteiger partial charge in [0.15, 0.2) is 0 Å². The van der Waals surface area contributed by atoms with Crippen molar-refractivity contribution >= 4 is 0 Å². The summed E-state index contributed by atoms with van der Waals surface area (Å²) in [4.78, 5) is 2.34. The molecule has 0 bridgehead atoms. The Hall–Kier alpha value is -0.120. The second-order valence-corrected chi connectivity index (χ2v) is 4.41. The Morgan fingerprint density at radius 3 is 2.50 bits per heavy atom. The summed E-state index contributed by atoms with van der Waals surface area (Å²) < 4.78 is 5.08. The lowest BCUT2D eigenvalue weighted by Gasteiger charge is -2.29. The van der Waals surface area contributed by atoms with Crippen molar-refractivity contribution in [3.8, 4) is 0 Å². The van der Waals surface area contributed by atoms with Gasteiger partial charge in [0.2, 0.25) is 0 Å². The predicted molar refractivity (Wildman–Crippen MR) is 57.3 cm³/mol. The summed E-state index contributed by atoms with van der Waals surface area (Å²) in [5, 5.41) is 9.39. The standard InChI is InChI=1S/C11H23NO2/c1-9(13)8-12(6-7-14-3)10(2)11-4-5-11/h9-11,13H,4-8H2,1-3H3/t9-,10?/m0/s1. The summed E-state index contributed by atoms with van der Waals surface area (Å²) in [5.41, 5.74) is 0. The molecule has 0 heterocycles. The van der Waals surface area contributed by atoms with Crippen LogP contribution in [0.2, 0.25) is 0 Å². The topological polar surface area (TPSA) is 32.7 Å². The second-order valence-electron chi connectivity index (χ2n) is 4.41. The molecule has 1 rings (SSSR count). The van der Waals surface area contributed by atoms with Gasteiger partial charge >= 0.3 is 0 Å². The minimum absolute atomic E-state index is 0.243. The largest absolute Gasteiger partial charge is 0.392 e. The quantitative estimate of drug-likeness (QED) is 0.670. The summed E-state index contributed by atoms with van der Waals surface area (Å²) in [5.74, 6) is 0.852. The Bertz CT molecular complexity index is 157. The molecule has 0 aliphatic heterocycles. The Morgan fingerprint density at radius 1 is 1.43 bits per heavy atom. The van der Waals surface area contributed by atoms with Crippen molar-refractivity contribution in [2.45, 2.75) is 38.8 Å². The van der Waals surface area contributed by atoms with E-state index in [2.05, 4.69) is 11.8 Å². The summed E-state index contributed by atoms with van der Waals surface area (Å²) in [6.07, 6.45) is 2.46. The molecule has 1 fully saturated rings. The van der Waals surface area contributed by atoms with Crippen LogP contribution in [0.5, 0.6) is 0 Å². The maximum absolute atomic E-state index is 9.39. The average Bonchev–Trinajstić information content (AvgIpc) is 2.93. The highest BCUT2D eigenvalue weighted by Crippen LogP contribution is 2.35. The molecule has 0 aromatic rings. The van der Waals surface area contributed by atoms with Crippen LogP contribution in [0.25, 0.3) is 0 Å². The van der Waals surface area contributed by atoms with E-state index in [4.69, 9.17) is 4.74 Å². The van der Waals surface area contributed by atoms with Crippen LogP contribution in [0.4, 0.5) is 0 Å². The first-order valence-corrected chi connectivity index (χ1v) is 5.56. The lowest BCUT2D eigenvalue weighted by Crippen LogP contribution is -2.41. The van der Waals surface area contributed by atoms with Crippen LogP contribution in [0.1, 0.15) is 26.7 Å². The van der Waals surface area contributed by atoms with Crippen molar-refractivity contribution in [1.29, 1.82) is 0 Å². The molecule has 14 heavy (non-hydrogen) atoms. The smallest absolute Gasteiger partial charge is 0.0639 e. The van der Waals surface area contributed by atoms with Crippen molar-refractivity contribution in [3.05, 3.63) is 0 Å². The van der Waals surface area contributed by atoms with E-state index in [1.165, 1.54) is 12.8 Å². The van der Waals surface area contributed by atoms with Gasteiger partial charge in [-0.05, 0) is 32.6 Å². The summed E-state index contributed by atoms with van der Waals surface area (Å²) in [6.45, 7) is 6.55. The molecule has 0 spiro atoms. The normalized spacial score (nSPS) is 21.2. The molecule has 3 heteroatoms. The molecule has 1 aliphatic carbocycles. The summed E-state index contributed by atoms with van der Waals surface area (Å²) >= 11 is 0. The monoisotopic (exact) mass is 201 g/mol. The first kappa shape index (κ1) is 12.0. The predicted octanol–water partition coefficient (Wildman–Crippen LogP) is 1.11. The Balaban J connectivity index is 2.33. The molecular formula is C11H23NO2. The number of methoxy groups -OCH3 is 1. The fourth-order valence-electron chi connectivity index (χ4n) is 1.89. The van der Waals surface area contributed by atoms with Crippen molar-refractivity contribution in [3.63, 3.8) is 0 Å². The maximum atomic E-state index is 9.39.